The molecule has 0 aliphatic heterocycles. The first-order valence-electron chi connectivity index (χ1n) is 7.93. The molecule has 1 heterocycles. The van der Waals surface area contributed by atoms with E-state index in [0.29, 0.717) is 11.4 Å². The van der Waals surface area contributed by atoms with Gasteiger partial charge in [0.05, 0.1) is 5.25 Å². The molecule has 0 aliphatic rings. The maximum absolute atomic E-state index is 12.9. The number of hydrogen-bond donors (Lipinski definition) is 1. The number of carbonyl (C=O) groups excluding carboxylic acids is 1. The van der Waals surface area contributed by atoms with E-state index in [4.69, 9.17) is 9.15 Å². The SMILES string of the molecule is CC(Sc1nnc(COc2ccc(F)cc2)o1)C(=O)Nc1cccc(Br)c1. The monoisotopic (exact) mass is 451 g/mol. The predicted octanol–water partition coefficient (Wildman–Crippen LogP) is 4.67. The maximum Gasteiger partial charge on any atom is 0.277 e. The molecule has 140 valence electrons. The van der Waals surface area contributed by atoms with Crippen molar-refractivity contribution >= 4 is 39.3 Å². The van der Waals surface area contributed by atoms with Crippen LogP contribution in [0, 0.1) is 5.82 Å². The molecule has 27 heavy (non-hydrogen) atoms. The summed E-state index contributed by atoms with van der Waals surface area (Å²) in [5, 5.41) is 10.4. The fraction of sp³-hybridized carbons (Fsp3) is 0.167. The molecule has 1 N–H and O–H groups in total. The lowest BCUT2D eigenvalue weighted by molar-refractivity contribution is -0.115. The maximum atomic E-state index is 12.9. The molecule has 0 bridgehead atoms. The van der Waals surface area contributed by atoms with Crippen molar-refractivity contribution in [1.82, 2.24) is 10.2 Å². The van der Waals surface area contributed by atoms with Crippen LogP contribution < -0.4 is 10.1 Å². The van der Waals surface area contributed by atoms with Crippen molar-refractivity contribution in [3.8, 4) is 5.75 Å². The van der Waals surface area contributed by atoms with E-state index in [1.807, 2.05) is 18.2 Å². The van der Waals surface area contributed by atoms with Gasteiger partial charge in [0.15, 0.2) is 6.61 Å². The lowest BCUT2D eigenvalue weighted by atomic mass is 10.3. The molecule has 9 heteroatoms. The third-order valence-electron chi connectivity index (χ3n) is 3.36. The molecule has 0 spiro atoms. The number of carbonyl (C=O) groups is 1. The number of anilines is 1. The number of ether oxygens (including phenoxy) is 1. The van der Waals surface area contributed by atoms with Gasteiger partial charge in [-0.3, -0.25) is 4.79 Å². The first-order valence-corrected chi connectivity index (χ1v) is 9.61. The van der Waals surface area contributed by atoms with Crippen molar-refractivity contribution in [3.05, 3.63) is 64.7 Å². The van der Waals surface area contributed by atoms with E-state index < -0.39 is 5.25 Å². The van der Waals surface area contributed by atoms with E-state index in [1.165, 1.54) is 24.3 Å². The smallest absolute Gasteiger partial charge is 0.277 e. The summed E-state index contributed by atoms with van der Waals surface area (Å²) in [5.41, 5.74) is 0.695. The van der Waals surface area contributed by atoms with Crippen LogP contribution in [0.5, 0.6) is 5.75 Å². The van der Waals surface area contributed by atoms with E-state index in [-0.39, 0.29) is 29.4 Å². The minimum absolute atomic E-state index is 0.0534. The van der Waals surface area contributed by atoms with Gasteiger partial charge < -0.3 is 14.5 Å². The van der Waals surface area contributed by atoms with Crippen LogP contribution >= 0.6 is 27.7 Å². The lowest BCUT2D eigenvalue weighted by Crippen LogP contribution is -2.22. The Labute approximate surface area is 167 Å². The molecular weight excluding hydrogens is 437 g/mol. The number of nitrogens with zero attached hydrogens (tertiary/aromatic N) is 2. The summed E-state index contributed by atoms with van der Waals surface area (Å²) in [6.07, 6.45) is 0. The minimum atomic E-state index is -0.435. The summed E-state index contributed by atoms with van der Waals surface area (Å²) in [6, 6.07) is 13.0. The van der Waals surface area contributed by atoms with Gasteiger partial charge in [-0.25, -0.2) is 4.39 Å². The van der Waals surface area contributed by atoms with E-state index in [2.05, 4.69) is 31.4 Å². The average Bonchev–Trinajstić information content (AvgIpc) is 3.08. The van der Waals surface area contributed by atoms with Crippen molar-refractivity contribution in [3.63, 3.8) is 0 Å². The highest BCUT2D eigenvalue weighted by Gasteiger charge is 2.18. The molecule has 3 aromatic rings. The largest absolute Gasteiger partial charge is 0.484 e. The zero-order chi connectivity index (χ0) is 19.2. The number of thioether (sulfide) groups is 1. The molecule has 0 fully saturated rings. The van der Waals surface area contributed by atoms with Gasteiger partial charge in [-0.2, -0.15) is 0 Å². The van der Waals surface area contributed by atoms with Crippen LogP contribution in [0.4, 0.5) is 10.1 Å². The summed E-state index contributed by atoms with van der Waals surface area (Å²) >= 11 is 4.51. The van der Waals surface area contributed by atoms with Crippen LogP contribution in [0.2, 0.25) is 0 Å². The van der Waals surface area contributed by atoms with E-state index in [1.54, 1.807) is 13.0 Å². The second-order valence-corrected chi connectivity index (χ2v) is 7.67. The topological polar surface area (TPSA) is 77.2 Å². The molecule has 3 rings (SSSR count). The number of benzene rings is 2. The molecular formula is C18H15BrFN3O3S. The van der Waals surface area contributed by atoms with E-state index in [0.717, 1.165) is 16.2 Å². The average molecular weight is 452 g/mol. The fourth-order valence-electron chi connectivity index (χ4n) is 2.03. The van der Waals surface area contributed by atoms with E-state index in [9.17, 15) is 9.18 Å². The molecule has 2 aromatic carbocycles. The second-order valence-electron chi connectivity index (χ2n) is 5.46. The first-order chi connectivity index (χ1) is 13.0. The molecule has 0 saturated carbocycles. The van der Waals surface area contributed by atoms with Crippen LogP contribution in [0.25, 0.3) is 0 Å². The number of hydrogen-bond acceptors (Lipinski definition) is 6. The van der Waals surface area contributed by atoms with E-state index >= 15 is 0 Å². The Bertz CT molecular complexity index is 920. The van der Waals surface area contributed by atoms with Crippen LogP contribution in [-0.2, 0) is 11.4 Å². The quantitative estimate of drug-likeness (QED) is 0.525. The van der Waals surface area contributed by atoms with Crippen molar-refractivity contribution in [2.24, 2.45) is 0 Å². The third-order valence-corrected chi connectivity index (χ3v) is 4.79. The highest BCUT2D eigenvalue weighted by Crippen LogP contribution is 2.24. The summed E-state index contributed by atoms with van der Waals surface area (Å²) < 4.78 is 24.7. The number of nitrogens with one attached hydrogen (secondary N) is 1. The van der Waals surface area contributed by atoms with Crippen LogP contribution in [0.1, 0.15) is 12.8 Å². The van der Waals surface area contributed by atoms with Crippen LogP contribution in [0.15, 0.2) is 62.6 Å². The number of aromatic nitrogens is 2. The number of amides is 1. The third kappa shape index (κ3) is 5.80. The Morgan fingerprint density at radius 3 is 2.81 bits per heavy atom. The molecule has 1 atom stereocenters. The summed E-state index contributed by atoms with van der Waals surface area (Å²) in [5.74, 6) is 0.237. The van der Waals surface area contributed by atoms with Gasteiger partial charge in [0, 0.05) is 10.2 Å². The van der Waals surface area contributed by atoms with Gasteiger partial charge in [0.2, 0.25) is 5.91 Å². The second kappa shape index (κ2) is 9.01. The molecule has 0 saturated heterocycles. The van der Waals surface area contributed by atoms with Crippen molar-refractivity contribution < 1.29 is 18.3 Å². The van der Waals surface area contributed by atoms with Crippen LogP contribution in [0.3, 0.4) is 0 Å². The zero-order valence-corrected chi connectivity index (χ0v) is 16.6. The Balaban J connectivity index is 1.51. The van der Waals surface area contributed by atoms with Crippen molar-refractivity contribution in [1.29, 1.82) is 0 Å². The highest BCUT2D eigenvalue weighted by molar-refractivity contribution is 9.10. The van der Waals surface area contributed by atoms with Gasteiger partial charge in [0.25, 0.3) is 11.1 Å². The van der Waals surface area contributed by atoms with Gasteiger partial charge in [-0.15, -0.1) is 10.2 Å². The number of halogens is 2. The van der Waals surface area contributed by atoms with Gasteiger partial charge >= 0.3 is 0 Å². The van der Waals surface area contributed by atoms with Gasteiger partial charge in [-0.1, -0.05) is 33.8 Å². The first kappa shape index (κ1) is 19.4. The Morgan fingerprint density at radius 1 is 1.30 bits per heavy atom. The normalized spacial score (nSPS) is 11.8. The Hall–Kier alpha value is -2.39. The standard InChI is InChI=1S/C18H15BrFN3O3S/c1-11(17(24)21-14-4-2-3-12(19)9-14)27-18-23-22-16(26-18)10-25-15-7-5-13(20)6-8-15/h2-9,11H,10H2,1H3,(H,21,24). The van der Waals surface area contributed by atoms with Gasteiger partial charge in [0.1, 0.15) is 11.6 Å². The number of rotatable bonds is 7. The Kier molecular flexibility index (Phi) is 6.46. The van der Waals surface area contributed by atoms with Crippen molar-refractivity contribution in [2.75, 3.05) is 5.32 Å². The predicted molar refractivity (Wildman–Crippen MR) is 103 cm³/mol. The minimum Gasteiger partial charge on any atom is -0.484 e. The molecule has 0 radical (unpaired) electrons. The summed E-state index contributed by atoms with van der Waals surface area (Å²) in [4.78, 5) is 12.3. The molecule has 1 unspecified atom stereocenters. The van der Waals surface area contributed by atoms with Crippen LogP contribution in [-0.4, -0.2) is 21.4 Å². The van der Waals surface area contributed by atoms with Gasteiger partial charge in [-0.05, 0) is 49.4 Å². The zero-order valence-electron chi connectivity index (χ0n) is 14.2. The Morgan fingerprint density at radius 2 is 2.07 bits per heavy atom. The fourth-order valence-corrected chi connectivity index (χ4v) is 3.13. The van der Waals surface area contributed by atoms with Crippen molar-refractivity contribution in [2.45, 2.75) is 24.0 Å². The molecule has 1 aromatic heterocycles. The highest BCUT2D eigenvalue weighted by atomic mass is 79.9. The summed E-state index contributed by atoms with van der Waals surface area (Å²) in [6.45, 7) is 1.80. The molecule has 6 nitrogen and oxygen atoms in total. The molecule has 0 aliphatic carbocycles. The molecule has 1 amide bonds. The lowest BCUT2D eigenvalue weighted by Gasteiger charge is -2.10. The summed E-state index contributed by atoms with van der Waals surface area (Å²) in [7, 11) is 0.